The number of amides is 3. The Balaban J connectivity index is 0.000000160. The van der Waals surface area contributed by atoms with Gasteiger partial charge in [0.1, 0.15) is 28.6 Å². The van der Waals surface area contributed by atoms with Gasteiger partial charge in [-0.05, 0) is 110 Å². The van der Waals surface area contributed by atoms with Gasteiger partial charge >= 0.3 is 0 Å². The number of rotatable bonds is 11. The first-order chi connectivity index (χ1) is 35.4. The third-order valence-corrected chi connectivity index (χ3v) is 16.6. The fourth-order valence-corrected chi connectivity index (χ4v) is 12.7. The van der Waals surface area contributed by atoms with Crippen LogP contribution in [0.25, 0.3) is 16.1 Å². The first-order valence-electron chi connectivity index (χ1n) is 25.7. The molecule has 1 unspecified atom stereocenters. The number of likely N-dealkylation sites (N-methyl/N-ethyl adjacent to an activating group) is 1. The number of benzene rings is 4. The normalized spacial score (nSPS) is 22.8. The highest BCUT2D eigenvalue weighted by atomic mass is 16.5. The van der Waals surface area contributed by atoms with Crippen LogP contribution in [0, 0.1) is 24.3 Å². The lowest BCUT2D eigenvalue weighted by atomic mass is 9.58. The van der Waals surface area contributed by atoms with Crippen molar-refractivity contribution in [2.45, 2.75) is 50.2 Å². The molecule has 6 fully saturated rings. The Labute approximate surface area is 427 Å². The maximum Gasteiger partial charge on any atom is 0.254 e. The van der Waals surface area contributed by atoms with E-state index in [-0.39, 0.29) is 34.7 Å². The summed E-state index contributed by atoms with van der Waals surface area (Å²) in [5, 5.41) is 7.89. The van der Waals surface area contributed by atoms with Crippen molar-refractivity contribution in [2.75, 3.05) is 103 Å². The largest absolute Gasteiger partial charge is 0.457 e. The highest BCUT2D eigenvalue weighted by Gasteiger charge is 2.63. The van der Waals surface area contributed by atoms with E-state index in [0.717, 1.165) is 119 Å². The predicted molar refractivity (Wildman–Crippen MR) is 280 cm³/mol. The van der Waals surface area contributed by atoms with Crippen molar-refractivity contribution in [3.63, 3.8) is 0 Å². The summed E-state index contributed by atoms with van der Waals surface area (Å²) >= 11 is 0. The van der Waals surface area contributed by atoms with Crippen molar-refractivity contribution >= 4 is 34.9 Å². The number of aryl methyl sites for hydroxylation is 1. The number of nitrogens with one attached hydrogen (secondary N) is 1. The molecule has 4 aromatic carbocycles. The van der Waals surface area contributed by atoms with Gasteiger partial charge in [0.05, 0.1) is 25.8 Å². The van der Waals surface area contributed by atoms with Crippen molar-refractivity contribution in [1.29, 1.82) is 0 Å². The molecule has 0 radical (unpaired) electrons. The van der Waals surface area contributed by atoms with Gasteiger partial charge in [0.25, 0.3) is 11.8 Å². The van der Waals surface area contributed by atoms with Gasteiger partial charge in [-0.25, -0.2) is 9.53 Å². The molecule has 16 heteroatoms. The van der Waals surface area contributed by atoms with Crippen LogP contribution in [0.15, 0.2) is 109 Å². The Bertz CT molecular complexity index is 2940. The number of para-hydroxylation sites is 1. The van der Waals surface area contributed by atoms with Gasteiger partial charge in [-0.1, -0.05) is 54.6 Å². The number of fused-ring (bicyclic) bond motifs is 1. The average molecular weight is 984 g/mol. The van der Waals surface area contributed by atoms with E-state index in [4.69, 9.17) is 32.6 Å². The number of nitrogen functional groups attached to an aromatic ring is 1. The van der Waals surface area contributed by atoms with Gasteiger partial charge in [-0.15, -0.1) is 0 Å². The molecule has 0 bridgehead atoms. The molecule has 378 valence electrons. The maximum absolute atomic E-state index is 13.8. The quantitative estimate of drug-likeness (QED) is 0.0972. The van der Waals surface area contributed by atoms with E-state index in [9.17, 15) is 14.4 Å². The molecule has 7 aliphatic rings. The maximum atomic E-state index is 13.8. The number of ether oxygens (including phenoxy) is 2. The monoisotopic (exact) mass is 984 g/mol. The molecular weight excluding hydrogens is 919 g/mol. The molecule has 2 spiro atoms. The number of nitrogens with zero attached hydrogens (tertiary/aromatic N) is 8. The third-order valence-electron chi connectivity index (χ3n) is 16.6. The van der Waals surface area contributed by atoms with Crippen LogP contribution in [0.5, 0.6) is 11.5 Å². The number of hydrogen-bond donors (Lipinski definition) is 3. The second-order valence-corrected chi connectivity index (χ2v) is 21.5. The molecule has 6 heterocycles. The second kappa shape index (κ2) is 19.5. The standard InChI is InChI=1S/C30H34N6O4.C27H31N5O/c31-28-26(29(32)38)27(21-8-10-24(11-9-21)40-23-5-2-1-3-6-23)33-36(28)22-17-30(18-22)19-35(20-30)25(37)7-4-12-34-13-15-39-16-14-34;1-19-6-4-5-7-22(19)27(23-14-20(28-2)8-9-24(23)29-25(27)33)32-17-26(18-32)15-21(16-26)31-12-10-30(3)11-13-31/h1-11,22H,12-20,31H2,(H2,32,38);4-9,14,21H,10-13,15-18H2,1,3H3,(H,29,33)/b7-4+;. The van der Waals surface area contributed by atoms with Gasteiger partial charge in [-0.2, -0.15) is 5.10 Å². The summed E-state index contributed by atoms with van der Waals surface area (Å²) in [6.45, 7) is 21.6. The summed E-state index contributed by atoms with van der Waals surface area (Å²) in [7, 11) is 2.21. The SMILES string of the molecule is NC(=O)c1c(-c2ccc(Oc3ccccc3)cc2)nn(C2CC3(C2)CN(C(=O)/C=C/CN2CCOCC2)C3)c1N.[C-]#[N+]c1ccc2c(c1)C(c1ccccc1C)(N1CC3(CC(N4CCN(C)CC4)C3)C1)C(=O)N2. The molecule has 2 aliphatic carbocycles. The molecule has 2 saturated carbocycles. The first-order valence-corrected chi connectivity index (χ1v) is 25.7. The van der Waals surface area contributed by atoms with Crippen molar-refractivity contribution in [2.24, 2.45) is 16.6 Å². The lowest BCUT2D eigenvalue weighted by molar-refractivity contribution is -0.158. The molecule has 5 aromatic rings. The van der Waals surface area contributed by atoms with E-state index in [1.807, 2.05) is 89.8 Å². The minimum absolute atomic E-state index is 0.0127. The number of primary amides is 1. The predicted octanol–water partition coefficient (Wildman–Crippen LogP) is 6.53. The van der Waals surface area contributed by atoms with Gasteiger partial charge in [0.2, 0.25) is 5.91 Å². The van der Waals surface area contributed by atoms with Gasteiger partial charge in [0.15, 0.2) is 11.2 Å². The van der Waals surface area contributed by atoms with Crippen LogP contribution in [0.1, 0.15) is 58.8 Å². The van der Waals surface area contributed by atoms with Crippen LogP contribution in [-0.2, 0) is 19.9 Å². The third kappa shape index (κ3) is 9.07. The Kier molecular flexibility index (Phi) is 12.9. The Hall–Kier alpha value is -6.87. The average Bonchev–Trinajstić information content (AvgIpc) is 3.84. The summed E-state index contributed by atoms with van der Waals surface area (Å²) in [6.07, 6.45) is 7.79. The van der Waals surface area contributed by atoms with Gasteiger partial charge < -0.3 is 36.1 Å². The number of aromatic nitrogens is 2. The number of likely N-dealkylation sites (tertiary alicyclic amines) is 2. The topological polar surface area (TPSA) is 172 Å². The Morgan fingerprint density at radius 1 is 0.836 bits per heavy atom. The summed E-state index contributed by atoms with van der Waals surface area (Å²) in [6, 6.07) is 31.5. The zero-order chi connectivity index (χ0) is 50.5. The lowest BCUT2D eigenvalue weighted by Gasteiger charge is -2.65. The first kappa shape index (κ1) is 48.4. The van der Waals surface area contributed by atoms with Crippen LogP contribution in [0.2, 0.25) is 0 Å². The van der Waals surface area contributed by atoms with E-state index < -0.39 is 11.4 Å². The minimum Gasteiger partial charge on any atom is -0.457 e. The Morgan fingerprint density at radius 3 is 2.18 bits per heavy atom. The second-order valence-electron chi connectivity index (χ2n) is 21.5. The number of anilines is 2. The fourth-order valence-electron chi connectivity index (χ4n) is 12.7. The summed E-state index contributed by atoms with van der Waals surface area (Å²) in [5.74, 6) is 1.15. The summed E-state index contributed by atoms with van der Waals surface area (Å²) in [4.78, 5) is 54.0. The van der Waals surface area contributed by atoms with Gasteiger partial charge in [-0.3, -0.25) is 29.1 Å². The van der Waals surface area contributed by atoms with Crippen LogP contribution >= 0.6 is 0 Å². The summed E-state index contributed by atoms with van der Waals surface area (Å²) in [5.41, 5.74) is 17.6. The van der Waals surface area contributed by atoms with E-state index in [2.05, 4.69) is 55.9 Å². The Morgan fingerprint density at radius 2 is 1.49 bits per heavy atom. The van der Waals surface area contributed by atoms with Crippen molar-refractivity contribution in [1.82, 2.24) is 34.3 Å². The molecule has 1 atom stereocenters. The van der Waals surface area contributed by atoms with E-state index >= 15 is 0 Å². The van der Waals surface area contributed by atoms with Gasteiger partial charge in [0, 0.05) is 101 Å². The molecule has 5 N–H and O–H groups in total. The van der Waals surface area contributed by atoms with E-state index in [1.165, 1.54) is 25.9 Å². The van der Waals surface area contributed by atoms with Crippen molar-refractivity contribution < 1.29 is 23.9 Å². The highest BCUT2D eigenvalue weighted by molar-refractivity contribution is 6.09. The number of hydrogen-bond acceptors (Lipinski definition) is 11. The summed E-state index contributed by atoms with van der Waals surface area (Å²) < 4.78 is 13.0. The van der Waals surface area contributed by atoms with Crippen LogP contribution in [-0.4, -0.2) is 150 Å². The zero-order valence-electron chi connectivity index (χ0n) is 41.8. The van der Waals surface area contributed by atoms with Crippen LogP contribution in [0.3, 0.4) is 0 Å². The van der Waals surface area contributed by atoms with E-state index in [0.29, 0.717) is 28.6 Å². The molecule has 1 aromatic heterocycles. The molecule has 5 aliphatic heterocycles. The fraction of sp³-hybridized carbons (Fsp3) is 0.421. The number of carbonyl (C=O) groups is 3. The minimum atomic E-state index is -0.856. The van der Waals surface area contributed by atoms with Crippen molar-refractivity contribution in [3.05, 3.63) is 143 Å². The molecule has 3 amide bonds. The molecule has 16 nitrogen and oxygen atoms in total. The lowest BCUT2D eigenvalue weighted by Crippen LogP contribution is -2.72. The number of morpholine rings is 1. The number of carbonyl (C=O) groups excluding carboxylic acids is 3. The molecule has 73 heavy (non-hydrogen) atoms. The van der Waals surface area contributed by atoms with Crippen LogP contribution in [0.4, 0.5) is 17.2 Å². The number of nitrogens with two attached hydrogens (primary N) is 2. The molecule has 4 saturated heterocycles. The molecule has 12 rings (SSSR count). The number of piperazine rings is 1. The smallest absolute Gasteiger partial charge is 0.254 e. The van der Waals surface area contributed by atoms with Crippen LogP contribution < -0.4 is 21.5 Å². The van der Waals surface area contributed by atoms with Crippen molar-refractivity contribution in [3.8, 4) is 22.8 Å². The van der Waals surface area contributed by atoms with E-state index in [1.54, 1.807) is 16.8 Å². The zero-order valence-corrected chi connectivity index (χ0v) is 41.8. The highest BCUT2D eigenvalue weighted by Crippen LogP contribution is 2.58. The molecular formula is C57H65N11O5.